The fourth-order valence-corrected chi connectivity index (χ4v) is 1.15. The molecule has 0 radical (unpaired) electrons. The molecular weight excluding hydrogens is 204 g/mol. The van der Waals surface area contributed by atoms with Crippen LogP contribution in [-0.4, -0.2) is 18.8 Å². The average Bonchev–Trinajstić information content (AvgIpc) is 2.01. The van der Waals surface area contributed by atoms with Crippen molar-refractivity contribution < 1.29 is 27.0 Å². The third kappa shape index (κ3) is 2.17. The Morgan fingerprint density at radius 2 is 1.86 bits per heavy atom. The minimum atomic E-state index is -3.73. The maximum absolute atomic E-state index is 12.4. The molecule has 0 aromatic carbocycles. The summed E-state index contributed by atoms with van der Waals surface area (Å²) in [6.07, 6.45) is -5.11. The van der Waals surface area contributed by atoms with E-state index in [2.05, 4.69) is 9.47 Å². The molecule has 0 saturated carbocycles. The molecule has 2 nitrogen and oxygen atoms in total. The van der Waals surface area contributed by atoms with Crippen LogP contribution in [0.1, 0.15) is 13.3 Å². The third-order valence-electron chi connectivity index (χ3n) is 1.84. The van der Waals surface area contributed by atoms with Crippen LogP contribution in [0.4, 0.5) is 17.6 Å². The van der Waals surface area contributed by atoms with E-state index in [4.69, 9.17) is 0 Å². The van der Waals surface area contributed by atoms with Gasteiger partial charge in [-0.2, -0.15) is 17.6 Å². The van der Waals surface area contributed by atoms with Crippen molar-refractivity contribution in [3.05, 3.63) is 12.3 Å². The van der Waals surface area contributed by atoms with E-state index in [1.54, 1.807) is 6.92 Å². The first-order valence-electron chi connectivity index (χ1n) is 4.08. The van der Waals surface area contributed by atoms with Crippen molar-refractivity contribution in [3.8, 4) is 0 Å². The highest BCUT2D eigenvalue weighted by atomic mass is 19.3. The number of hydrogen-bond acceptors (Lipinski definition) is 2. The van der Waals surface area contributed by atoms with E-state index in [0.717, 1.165) is 0 Å². The minimum absolute atomic E-state index is 0.177. The van der Waals surface area contributed by atoms with E-state index >= 15 is 0 Å². The van der Waals surface area contributed by atoms with Gasteiger partial charge in [0, 0.05) is 6.42 Å². The number of halogens is 4. The molecule has 0 aromatic rings. The van der Waals surface area contributed by atoms with Gasteiger partial charge in [-0.05, 0) is 6.92 Å². The largest absolute Gasteiger partial charge is 0.502 e. The van der Waals surface area contributed by atoms with Gasteiger partial charge in [0.2, 0.25) is 0 Å². The van der Waals surface area contributed by atoms with Gasteiger partial charge in [-0.1, -0.05) is 6.08 Å². The second kappa shape index (κ2) is 3.76. The number of alkyl halides is 4. The lowest BCUT2D eigenvalue weighted by Gasteiger charge is -2.42. The van der Waals surface area contributed by atoms with Gasteiger partial charge < -0.3 is 4.74 Å². The maximum atomic E-state index is 12.4. The van der Waals surface area contributed by atoms with Gasteiger partial charge in [-0.15, -0.1) is 0 Å². The van der Waals surface area contributed by atoms with E-state index in [1.165, 1.54) is 12.3 Å². The molecule has 14 heavy (non-hydrogen) atoms. The Morgan fingerprint density at radius 1 is 1.29 bits per heavy atom. The summed E-state index contributed by atoms with van der Waals surface area (Å²) < 4.78 is 57.5. The number of ether oxygens (including phenoxy) is 2. The Bertz CT molecular complexity index is 213. The molecule has 6 heteroatoms. The molecule has 1 rings (SSSR count). The summed E-state index contributed by atoms with van der Waals surface area (Å²) in [7, 11) is 0. The lowest BCUT2D eigenvalue weighted by Crippen LogP contribution is -2.59. The molecule has 0 aromatic heterocycles. The minimum Gasteiger partial charge on any atom is -0.502 e. The quantitative estimate of drug-likeness (QED) is 0.407. The fourth-order valence-electron chi connectivity index (χ4n) is 1.15. The Morgan fingerprint density at radius 3 is 2.29 bits per heavy atom. The van der Waals surface area contributed by atoms with E-state index in [1.807, 2.05) is 0 Å². The molecule has 0 bridgehead atoms. The highest BCUT2D eigenvalue weighted by molar-refractivity contribution is 4.87. The zero-order valence-corrected chi connectivity index (χ0v) is 7.47. The lowest BCUT2D eigenvalue weighted by molar-refractivity contribution is -0.518. The van der Waals surface area contributed by atoms with E-state index in [9.17, 15) is 17.6 Å². The first-order chi connectivity index (χ1) is 6.40. The molecule has 1 saturated heterocycles. The monoisotopic (exact) mass is 214 g/mol. The van der Waals surface area contributed by atoms with E-state index < -0.39 is 24.6 Å². The van der Waals surface area contributed by atoms with Crippen molar-refractivity contribution in [2.24, 2.45) is 5.92 Å². The van der Waals surface area contributed by atoms with Crippen LogP contribution in [0.15, 0.2) is 12.3 Å². The predicted octanol–water partition coefficient (Wildman–Crippen LogP) is 2.76. The van der Waals surface area contributed by atoms with Crippen molar-refractivity contribution in [3.63, 3.8) is 0 Å². The molecule has 1 aliphatic heterocycles. The van der Waals surface area contributed by atoms with Crippen LogP contribution in [0.3, 0.4) is 0 Å². The maximum Gasteiger partial charge on any atom is 0.371 e. The van der Waals surface area contributed by atoms with Gasteiger partial charge in [-0.25, -0.2) is 0 Å². The molecule has 0 N–H and O–H groups in total. The third-order valence-corrected chi connectivity index (χ3v) is 1.84. The predicted molar refractivity (Wildman–Crippen MR) is 39.9 cm³/mol. The lowest BCUT2D eigenvalue weighted by atomic mass is 9.98. The molecule has 1 aliphatic rings. The Balaban J connectivity index is 2.35. The van der Waals surface area contributed by atoms with E-state index in [0.29, 0.717) is 0 Å². The number of rotatable bonds is 4. The van der Waals surface area contributed by atoms with Gasteiger partial charge in [-0.3, -0.25) is 4.74 Å². The molecule has 0 atom stereocenters. The van der Waals surface area contributed by atoms with Gasteiger partial charge >= 0.3 is 12.2 Å². The molecule has 82 valence electrons. The van der Waals surface area contributed by atoms with Crippen LogP contribution in [0.5, 0.6) is 0 Å². The standard InChI is InChI=1S/C8H10F4O2/c1-2-4-13-5-3-6-7(9,10)14-8(6,11)12/h2,4,6H,3,5H2,1H3. The van der Waals surface area contributed by atoms with Crippen LogP contribution in [-0.2, 0) is 9.47 Å². The van der Waals surface area contributed by atoms with Crippen LogP contribution >= 0.6 is 0 Å². The molecule has 1 fully saturated rings. The topological polar surface area (TPSA) is 18.5 Å². The average molecular weight is 214 g/mol. The summed E-state index contributed by atoms with van der Waals surface area (Å²) in [4.78, 5) is 0. The van der Waals surface area contributed by atoms with E-state index in [-0.39, 0.29) is 6.61 Å². The van der Waals surface area contributed by atoms with Gasteiger partial charge in [0.15, 0.2) is 0 Å². The summed E-state index contributed by atoms with van der Waals surface area (Å²) >= 11 is 0. The summed E-state index contributed by atoms with van der Waals surface area (Å²) in [6, 6.07) is 0. The Labute approximate surface area is 78.5 Å². The van der Waals surface area contributed by atoms with Crippen LogP contribution < -0.4 is 0 Å². The van der Waals surface area contributed by atoms with Crippen LogP contribution in [0.25, 0.3) is 0 Å². The van der Waals surface area contributed by atoms with Crippen molar-refractivity contribution >= 4 is 0 Å². The van der Waals surface area contributed by atoms with Crippen molar-refractivity contribution in [2.45, 2.75) is 25.6 Å². The second-order valence-electron chi connectivity index (χ2n) is 2.91. The highest BCUT2D eigenvalue weighted by Crippen LogP contribution is 2.53. The summed E-state index contributed by atoms with van der Waals surface area (Å²) in [5.41, 5.74) is 0. The van der Waals surface area contributed by atoms with Crippen molar-refractivity contribution in [1.29, 1.82) is 0 Å². The van der Waals surface area contributed by atoms with Gasteiger partial charge in [0.25, 0.3) is 0 Å². The molecule has 0 aliphatic carbocycles. The zero-order valence-electron chi connectivity index (χ0n) is 7.47. The Kier molecular flexibility index (Phi) is 3.04. The summed E-state index contributed by atoms with van der Waals surface area (Å²) in [5, 5.41) is 0. The van der Waals surface area contributed by atoms with Crippen LogP contribution in [0.2, 0.25) is 0 Å². The number of hydrogen-bond donors (Lipinski definition) is 0. The normalized spacial score (nSPS) is 24.9. The van der Waals surface area contributed by atoms with Crippen molar-refractivity contribution in [2.75, 3.05) is 6.61 Å². The highest BCUT2D eigenvalue weighted by Gasteiger charge is 2.70. The summed E-state index contributed by atoms with van der Waals surface area (Å²) in [5.74, 6) is -2.08. The van der Waals surface area contributed by atoms with Crippen LogP contribution in [0, 0.1) is 5.92 Å². The van der Waals surface area contributed by atoms with Crippen molar-refractivity contribution in [1.82, 2.24) is 0 Å². The molecule has 0 unspecified atom stereocenters. The number of allylic oxidation sites excluding steroid dienone is 1. The first-order valence-corrected chi connectivity index (χ1v) is 4.08. The van der Waals surface area contributed by atoms with Gasteiger partial charge in [0.1, 0.15) is 5.92 Å². The molecule has 0 spiro atoms. The Hall–Kier alpha value is -0.780. The first kappa shape index (κ1) is 11.3. The molecular formula is C8H10F4O2. The van der Waals surface area contributed by atoms with Gasteiger partial charge in [0.05, 0.1) is 12.9 Å². The second-order valence-corrected chi connectivity index (χ2v) is 2.91. The fraction of sp³-hybridized carbons (Fsp3) is 0.750. The SMILES string of the molecule is CC=COCCC1C(F)(F)OC1(F)F. The molecule has 0 amide bonds. The smallest absolute Gasteiger partial charge is 0.371 e. The summed E-state index contributed by atoms with van der Waals surface area (Å²) in [6.45, 7) is 1.49. The zero-order chi connectivity index (χ0) is 10.8. The molecule has 1 heterocycles.